The molecule has 0 unspecified atom stereocenters. The number of unbranched alkanes of at least 4 members (excludes halogenated alkanes) is 1. The Hall–Kier alpha value is -1.84. The van der Waals surface area contributed by atoms with Crippen LogP contribution >= 0.6 is 0 Å². The fraction of sp³-hybridized carbons (Fsp3) is 0.429. The number of pyridine rings is 1. The molecule has 1 aromatic heterocycles. The molecule has 0 aliphatic rings. The Balaban J connectivity index is 2.61. The van der Waals surface area contributed by atoms with Crippen molar-refractivity contribution in [2.75, 3.05) is 25.0 Å². The normalized spacial score (nSPS) is 9.89. The average molecular weight is 247 g/mol. The van der Waals surface area contributed by atoms with Crippen molar-refractivity contribution < 1.29 is 4.79 Å². The smallest absolute Gasteiger partial charge is 0.270 e. The first-order valence-electron chi connectivity index (χ1n) is 6.25. The zero-order chi connectivity index (χ0) is 13.4. The maximum absolute atomic E-state index is 11.6. The molecule has 0 aliphatic heterocycles. The van der Waals surface area contributed by atoms with E-state index in [-0.39, 0.29) is 5.91 Å². The monoisotopic (exact) mass is 247 g/mol. The van der Waals surface area contributed by atoms with Crippen LogP contribution in [0.4, 0.5) is 5.69 Å². The molecule has 1 heterocycles. The summed E-state index contributed by atoms with van der Waals surface area (Å²) < 4.78 is 0. The minimum Gasteiger partial charge on any atom is -0.373 e. The van der Waals surface area contributed by atoms with Crippen molar-refractivity contribution >= 4 is 11.6 Å². The van der Waals surface area contributed by atoms with Gasteiger partial charge in [-0.15, -0.1) is 6.58 Å². The van der Waals surface area contributed by atoms with E-state index in [0.29, 0.717) is 12.2 Å². The van der Waals surface area contributed by atoms with Gasteiger partial charge in [0.2, 0.25) is 0 Å². The number of rotatable bonds is 7. The third-order valence-electron chi connectivity index (χ3n) is 2.68. The van der Waals surface area contributed by atoms with Crippen LogP contribution in [0.5, 0.6) is 0 Å². The van der Waals surface area contributed by atoms with Gasteiger partial charge in [-0.25, -0.2) is 4.98 Å². The van der Waals surface area contributed by atoms with Crippen LogP contribution in [0.1, 0.15) is 30.3 Å². The van der Waals surface area contributed by atoms with Crippen LogP contribution in [0.2, 0.25) is 0 Å². The molecule has 1 N–H and O–H groups in total. The molecule has 0 radical (unpaired) electrons. The molecule has 4 heteroatoms. The highest BCUT2D eigenvalue weighted by Gasteiger charge is 2.06. The lowest BCUT2D eigenvalue weighted by atomic mass is 10.2. The Morgan fingerprint density at radius 2 is 2.33 bits per heavy atom. The molecule has 0 atom stereocenters. The molecule has 1 rings (SSSR count). The maximum Gasteiger partial charge on any atom is 0.270 e. The van der Waals surface area contributed by atoms with Gasteiger partial charge < -0.3 is 10.2 Å². The van der Waals surface area contributed by atoms with Crippen molar-refractivity contribution in [3.63, 3.8) is 0 Å². The average Bonchev–Trinajstić information content (AvgIpc) is 2.42. The van der Waals surface area contributed by atoms with Gasteiger partial charge in [-0.1, -0.05) is 19.4 Å². The zero-order valence-corrected chi connectivity index (χ0v) is 11.1. The van der Waals surface area contributed by atoms with E-state index in [1.807, 2.05) is 13.1 Å². The first-order valence-corrected chi connectivity index (χ1v) is 6.25. The summed E-state index contributed by atoms with van der Waals surface area (Å²) in [6.07, 6.45) is 5.70. The van der Waals surface area contributed by atoms with E-state index < -0.39 is 0 Å². The van der Waals surface area contributed by atoms with Crippen LogP contribution in [-0.4, -0.2) is 31.0 Å². The lowest BCUT2D eigenvalue weighted by Gasteiger charge is -2.18. The molecule has 0 saturated heterocycles. The van der Waals surface area contributed by atoms with E-state index in [0.717, 1.165) is 18.7 Å². The van der Waals surface area contributed by atoms with Crippen molar-refractivity contribution in [2.24, 2.45) is 0 Å². The van der Waals surface area contributed by atoms with Crippen molar-refractivity contribution in [3.8, 4) is 0 Å². The summed E-state index contributed by atoms with van der Waals surface area (Å²) in [5, 5.41) is 2.70. The highest BCUT2D eigenvalue weighted by Crippen LogP contribution is 2.11. The fourth-order valence-electron chi connectivity index (χ4n) is 1.53. The van der Waals surface area contributed by atoms with Gasteiger partial charge in [-0.05, 0) is 18.6 Å². The van der Waals surface area contributed by atoms with Gasteiger partial charge in [0.25, 0.3) is 5.91 Å². The molecule has 1 aromatic rings. The Bertz CT molecular complexity index is 387. The van der Waals surface area contributed by atoms with Crippen LogP contribution in [0.25, 0.3) is 0 Å². The molecule has 1 amide bonds. The van der Waals surface area contributed by atoms with Gasteiger partial charge in [0.15, 0.2) is 0 Å². The lowest BCUT2D eigenvalue weighted by molar-refractivity contribution is 0.0953. The van der Waals surface area contributed by atoms with Gasteiger partial charge >= 0.3 is 0 Å². The summed E-state index contributed by atoms with van der Waals surface area (Å²) >= 11 is 0. The molecular formula is C14H21N3O. The summed E-state index contributed by atoms with van der Waals surface area (Å²) in [6, 6.07) is 3.67. The number of hydrogen-bond donors (Lipinski definition) is 1. The summed E-state index contributed by atoms with van der Waals surface area (Å²) in [6.45, 7) is 7.17. The van der Waals surface area contributed by atoms with Crippen molar-refractivity contribution in [1.82, 2.24) is 10.3 Å². The van der Waals surface area contributed by atoms with Crippen LogP contribution in [-0.2, 0) is 0 Å². The van der Waals surface area contributed by atoms with Crippen molar-refractivity contribution in [2.45, 2.75) is 19.8 Å². The van der Waals surface area contributed by atoms with Crippen molar-refractivity contribution in [3.05, 3.63) is 36.7 Å². The van der Waals surface area contributed by atoms with E-state index in [1.54, 1.807) is 18.3 Å². The minimum absolute atomic E-state index is 0.169. The molecule has 0 fully saturated rings. The highest BCUT2D eigenvalue weighted by molar-refractivity contribution is 5.92. The number of aromatic nitrogens is 1. The van der Waals surface area contributed by atoms with Gasteiger partial charge in [-0.2, -0.15) is 0 Å². The first kappa shape index (κ1) is 14.2. The predicted octanol–water partition coefficient (Wildman–Crippen LogP) is 2.23. The summed E-state index contributed by atoms with van der Waals surface area (Å²) in [5.74, 6) is -0.169. The van der Waals surface area contributed by atoms with E-state index >= 15 is 0 Å². The third-order valence-corrected chi connectivity index (χ3v) is 2.68. The SMILES string of the molecule is C=CCNC(=O)c1ccc(N(C)CCCC)cn1. The number of nitrogens with zero attached hydrogens (tertiary/aromatic N) is 2. The Morgan fingerprint density at radius 3 is 2.89 bits per heavy atom. The number of nitrogens with one attached hydrogen (secondary N) is 1. The van der Waals surface area contributed by atoms with E-state index in [1.165, 1.54) is 6.42 Å². The largest absolute Gasteiger partial charge is 0.373 e. The standard InChI is InChI=1S/C14H21N3O/c1-4-6-10-17(3)12-7-8-13(16-11-12)14(18)15-9-5-2/h5,7-8,11H,2,4,6,9-10H2,1,3H3,(H,15,18). The third kappa shape index (κ3) is 4.20. The Morgan fingerprint density at radius 1 is 1.56 bits per heavy atom. The second-order valence-electron chi connectivity index (χ2n) is 4.18. The number of carbonyl (C=O) groups is 1. The topological polar surface area (TPSA) is 45.2 Å². The van der Waals surface area contributed by atoms with Crippen LogP contribution in [0.15, 0.2) is 31.0 Å². The number of amides is 1. The molecule has 18 heavy (non-hydrogen) atoms. The molecule has 0 aromatic carbocycles. The molecule has 0 spiro atoms. The first-order chi connectivity index (χ1) is 8.69. The van der Waals surface area contributed by atoms with Gasteiger partial charge in [-0.3, -0.25) is 4.79 Å². The second-order valence-corrected chi connectivity index (χ2v) is 4.18. The van der Waals surface area contributed by atoms with E-state index in [2.05, 4.69) is 28.7 Å². The fourth-order valence-corrected chi connectivity index (χ4v) is 1.53. The number of hydrogen-bond acceptors (Lipinski definition) is 3. The number of anilines is 1. The van der Waals surface area contributed by atoms with Crippen LogP contribution in [0.3, 0.4) is 0 Å². The predicted molar refractivity (Wildman–Crippen MR) is 74.9 cm³/mol. The Labute approximate surface area is 109 Å². The van der Waals surface area contributed by atoms with Gasteiger partial charge in [0.1, 0.15) is 5.69 Å². The molecule has 0 aliphatic carbocycles. The van der Waals surface area contributed by atoms with Gasteiger partial charge in [0.05, 0.1) is 11.9 Å². The second kappa shape index (κ2) is 7.48. The summed E-state index contributed by atoms with van der Waals surface area (Å²) in [7, 11) is 2.03. The molecule has 98 valence electrons. The number of carbonyl (C=O) groups excluding carboxylic acids is 1. The zero-order valence-electron chi connectivity index (χ0n) is 11.1. The molecule has 0 saturated carbocycles. The highest BCUT2D eigenvalue weighted by atomic mass is 16.1. The molecule has 4 nitrogen and oxygen atoms in total. The van der Waals surface area contributed by atoms with E-state index in [4.69, 9.17) is 0 Å². The van der Waals surface area contributed by atoms with Crippen molar-refractivity contribution in [1.29, 1.82) is 0 Å². The van der Waals surface area contributed by atoms with E-state index in [9.17, 15) is 4.79 Å². The molecular weight excluding hydrogens is 226 g/mol. The Kier molecular flexibility index (Phi) is 5.91. The maximum atomic E-state index is 11.6. The molecule has 0 bridgehead atoms. The lowest BCUT2D eigenvalue weighted by Crippen LogP contribution is -2.24. The van der Waals surface area contributed by atoms with Crippen LogP contribution < -0.4 is 10.2 Å². The van der Waals surface area contributed by atoms with Gasteiger partial charge in [0, 0.05) is 20.1 Å². The van der Waals surface area contributed by atoms with Crippen LogP contribution in [0, 0.1) is 0 Å². The quantitative estimate of drug-likeness (QED) is 0.752. The summed E-state index contributed by atoms with van der Waals surface area (Å²) in [4.78, 5) is 17.9. The summed E-state index contributed by atoms with van der Waals surface area (Å²) in [5.41, 5.74) is 1.47. The minimum atomic E-state index is -0.169.